The van der Waals surface area contributed by atoms with E-state index < -0.39 is 0 Å². The molecule has 0 aliphatic rings. The lowest BCUT2D eigenvalue weighted by atomic mass is 10.1. The molecule has 0 amide bonds. The lowest BCUT2D eigenvalue weighted by molar-refractivity contribution is 0.288. The third-order valence-electron chi connectivity index (χ3n) is 3.46. The Labute approximate surface area is 147 Å². The number of benzene rings is 2. The number of methoxy groups -OCH3 is 1. The van der Waals surface area contributed by atoms with Crippen LogP contribution in [0.5, 0.6) is 11.5 Å². The molecule has 2 aromatic rings. The predicted molar refractivity (Wildman–Crippen MR) is 96.6 cm³/mol. The van der Waals surface area contributed by atoms with E-state index in [1.165, 1.54) is 12.7 Å². The van der Waals surface area contributed by atoms with Crippen molar-refractivity contribution in [3.8, 4) is 11.5 Å². The Kier molecular flexibility index (Phi) is 6.25. The minimum atomic E-state index is 0.0389. The van der Waals surface area contributed by atoms with Crippen molar-refractivity contribution < 1.29 is 14.2 Å². The molecule has 3 nitrogen and oxygen atoms in total. The Balaban J connectivity index is 2.18. The van der Waals surface area contributed by atoms with Crippen LogP contribution < -0.4 is 9.47 Å². The van der Waals surface area contributed by atoms with Gasteiger partial charge in [0.25, 0.3) is 0 Å². The number of halogens is 1. The molecular formula is C18H19ClO3S. The zero-order valence-electron chi connectivity index (χ0n) is 13.4. The highest BCUT2D eigenvalue weighted by atomic mass is 35.5. The average molecular weight is 351 g/mol. The molecule has 0 saturated carbocycles. The average Bonchev–Trinajstić information content (AvgIpc) is 2.55. The van der Waals surface area contributed by atoms with Crippen molar-refractivity contribution in [1.29, 1.82) is 0 Å². The van der Waals surface area contributed by atoms with Crippen LogP contribution in [0.1, 0.15) is 23.6 Å². The highest BCUT2D eigenvalue weighted by Gasteiger charge is 2.12. The summed E-state index contributed by atoms with van der Waals surface area (Å²) in [4.78, 5) is 0. The summed E-state index contributed by atoms with van der Waals surface area (Å²) < 4.78 is 16.3. The first-order valence-corrected chi connectivity index (χ1v) is 8.09. The monoisotopic (exact) mass is 350 g/mol. The minimum Gasteiger partial charge on any atom is -0.488 e. The number of ether oxygens (including phenoxy) is 3. The van der Waals surface area contributed by atoms with E-state index in [0.29, 0.717) is 10.8 Å². The number of hydrogen-bond donors (Lipinski definition) is 0. The summed E-state index contributed by atoms with van der Waals surface area (Å²) in [6.45, 7) is 4.44. The van der Waals surface area contributed by atoms with Crippen molar-refractivity contribution in [1.82, 2.24) is 0 Å². The summed E-state index contributed by atoms with van der Waals surface area (Å²) in [6.07, 6.45) is 0.998. The lowest BCUT2D eigenvalue weighted by Gasteiger charge is -2.14. The molecule has 0 N–H and O–H groups in total. The van der Waals surface area contributed by atoms with Gasteiger partial charge in [-0.3, -0.25) is 0 Å². The second-order valence-corrected chi connectivity index (χ2v) is 5.76. The lowest BCUT2D eigenvalue weighted by Crippen LogP contribution is -2.10. The van der Waals surface area contributed by atoms with E-state index in [1.54, 1.807) is 18.2 Å². The number of aryl methyl sites for hydroxylation is 2. The maximum absolute atomic E-state index is 6.27. The van der Waals surface area contributed by atoms with Gasteiger partial charge in [-0.25, -0.2) is 0 Å². The van der Waals surface area contributed by atoms with Gasteiger partial charge in [-0.1, -0.05) is 36.7 Å². The minimum absolute atomic E-state index is 0.0389. The molecule has 5 heteroatoms. The summed E-state index contributed by atoms with van der Waals surface area (Å²) in [5, 5.41) is 0.598. The Morgan fingerprint density at radius 3 is 2.61 bits per heavy atom. The maximum Gasteiger partial charge on any atom is 0.357 e. The highest BCUT2D eigenvalue weighted by molar-refractivity contribution is 7.79. The number of hydrogen-bond acceptors (Lipinski definition) is 4. The van der Waals surface area contributed by atoms with E-state index in [1.807, 2.05) is 13.0 Å². The van der Waals surface area contributed by atoms with Crippen molar-refractivity contribution in [2.75, 3.05) is 7.11 Å². The van der Waals surface area contributed by atoms with Gasteiger partial charge in [0.15, 0.2) is 0 Å². The van der Waals surface area contributed by atoms with E-state index in [-0.39, 0.29) is 11.8 Å². The normalized spacial score (nSPS) is 10.3. The van der Waals surface area contributed by atoms with Crippen LogP contribution in [0.3, 0.4) is 0 Å². The zero-order valence-corrected chi connectivity index (χ0v) is 15.0. The molecule has 122 valence electrons. The molecule has 0 fully saturated rings. The Bertz CT molecular complexity index is 701. The highest BCUT2D eigenvalue weighted by Crippen LogP contribution is 2.29. The number of rotatable bonds is 5. The van der Waals surface area contributed by atoms with E-state index in [9.17, 15) is 0 Å². The van der Waals surface area contributed by atoms with Crippen molar-refractivity contribution in [2.24, 2.45) is 0 Å². The van der Waals surface area contributed by atoms with Gasteiger partial charge in [-0.15, -0.1) is 0 Å². The fourth-order valence-corrected chi connectivity index (χ4v) is 2.46. The van der Waals surface area contributed by atoms with Crippen LogP contribution >= 0.6 is 23.8 Å². The van der Waals surface area contributed by atoms with Gasteiger partial charge in [-0.2, -0.15) is 0 Å². The van der Waals surface area contributed by atoms with E-state index in [2.05, 4.69) is 19.1 Å². The molecule has 0 saturated heterocycles. The fraction of sp³-hybridized carbons (Fsp3) is 0.278. The van der Waals surface area contributed by atoms with E-state index in [0.717, 1.165) is 23.3 Å². The van der Waals surface area contributed by atoms with Gasteiger partial charge < -0.3 is 14.2 Å². The van der Waals surface area contributed by atoms with Crippen LogP contribution in [0, 0.1) is 6.92 Å². The van der Waals surface area contributed by atoms with Crippen LogP contribution in [0.25, 0.3) is 0 Å². The zero-order chi connectivity index (χ0) is 16.8. The number of thiocarbonyl (C=S) groups is 1. The van der Waals surface area contributed by atoms with Crippen LogP contribution in [0.4, 0.5) is 0 Å². The quantitative estimate of drug-likeness (QED) is 0.701. The molecule has 0 aliphatic carbocycles. The molecule has 0 aliphatic heterocycles. The topological polar surface area (TPSA) is 27.7 Å². The summed E-state index contributed by atoms with van der Waals surface area (Å²) >= 11 is 11.2. The molecule has 23 heavy (non-hydrogen) atoms. The largest absolute Gasteiger partial charge is 0.488 e. The van der Waals surface area contributed by atoms with Gasteiger partial charge in [0.2, 0.25) is 0 Å². The van der Waals surface area contributed by atoms with Crippen molar-refractivity contribution in [2.45, 2.75) is 26.9 Å². The molecule has 0 unspecified atom stereocenters. The van der Waals surface area contributed by atoms with Gasteiger partial charge >= 0.3 is 5.24 Å². The fourth-order valence-electron chi connectivity index (χ4n) is 2.15. The summed E-state index contributed by atoms with van der Waals surface area (Å²) in [6, 6.07) is 11.5. The predicted octanol–water partition coefficient (Wildman–Crippen LogP) is 5.10. The van der Waals surface area contributed by atoms with Crippen LogP contribution in [0.15, 0.2) is 36.4 Å². The molecule has 0 heterocycles. The van der Waals surface area contributed by atoms with E-state index >= 15 is 0 Å². The molecule has 0 radical (unpaired) electrons. The van der Waals surface area contributed by atoms with Crippen molar-refractivity contribution in [3.63, 3.8) is 0 Å². The van der Waals surface area contributed by atoms with Gasteiger partial charge in [0.05, 0.1) is 17.7 Å². The molecule has 0 spiro atoms. The Morgan fingerprint density at radius 2 is 1.96 bits per heavy atom. The first kappa shape index (κ1) is 17.6. The van der Waals surface area contributed by atoms with E-state index in [4.69, 9.17) is 38.0 Å². The molecule has 2 aromatic carbocycles. The Hall–Kier alpha value is -1.78. The first-order valence-electron chi connectivity index (χ1n) is 7.30. The SMILES string of the molecule is CCc1ccc(OCc2c(Cl)cccc2OC(=S)OC)c(C)c1. The van der Waals surface area contributed by atoms with Gasteiger partial charge in [-0.05, 0) is 42.7 Å². The molecule has 0 bridgehead atoms. The van der Waals surface area contributed by atoms with Crippen molar-refractivity contribution >= 4 is 29.1 Å². The molecule has 0 aromatic heterocycles. The third kappa shape index (κ3) is 4.60. The Morgan fingerprint density at radius 1 is 1.17 bits per heavy atom. The second-order valence-electron chi connectivity index (χ2n) is 5.01. The summed E-state index contributed by atoms with van der Waals surface area (Å²) in [5.74, 6) is 1.36. The van der Waals surface area contributed by atoms with Crippen LogP contribution in [-0.4, -0.2) is 12.3 Å². The summed E-state index contributed by atoms with van der Waals surface area (Å²) in [5.41, 5.74) is 3.10. The second kappa shape index (κ2) is 8.18. The van der Waals surface area contributed by atoms with Crippen LogP contribution in [-0.2, 0) is 17.8 Å². The van der Waals surface area contributed by atoms with Crippen LogP contribution in [0.2, 0.25) is 5.02 Å². The smallest absolute Gasteiger partial charge is 0.357 e. The summed E-state index contributed by atoms with van der Waals surface area (Å²) in [7, 11) is 1.46. The van der Waals surface area contributed by atoms with Gasteiger partial charge in [0, 0.05) is 12.2 Å². The van der Waals surface area contributed by atoms with Gasteiger partial charge in [0.1, 0.15) is 18.1 Å². The maximum atomic E-state index is 6.27. The molecule has 2 rings (SSSR count). The third-order valence-corrected chi connectivity index (χ3v) is 4.06. The van der Waals surface area contributed by atoms with Crippen molar-refractivity contribution in [3.05, 3.63) is 58.1 Å². The standard InChI is InChI=1S/C18H19ClO3S/c1-4-13-8-9-16(12(2)10-13)21-11-14-15(19)6-5-7-17(14)22-18(23)20-3/h5-10H,4,11H2,1-3H3. The molecule has 0 atom stereocenters. The molecular weight excluding hydrogens is 332 g/mol. The first-order chi connectivity index (χ1) is 11.0.